The second kappa shape index (κ2) is 14.4. The van der Waals surface area contributed by atoms with Gasteiger partial charge in [-0.15, -0.1) is 0 Å². The first-order valence-electron chi connectivity index (χ1n) is 17.8. The number of nitrogens with zero attached hydrogens (tertiary/aromatic N) is 4. The van der Waals surface area contributed by atoms with Crippen molar-refractivity contribution in [3.05, 3.63) is 106 Å². The molecule has 5 heterocycles. The zero-order chi connectivity index (χ0) is 34.0. The van der Waals surface area contributed by atoms with E-state index in [-0.39, 0.29) is 6.61 Å². The van der Waals surface area contributed by atoms with Crippen molar-refractivity contribution >= 4 is 22.7 Å². The molecular weight excluding hydrogens is 648 g/mol. The Morgan fingerprint density at radius 1 is 0.920 bits per heavy atom. The third kappa shape index (κ3) is 7.09. The van der Waals surface area contributed by atoms with Crippen LogP contribution in [0.25, 0.3) is 22.2 Å². The van der Waals surface area contributed by atoms with Crippen LogP contribution in [0.3, 0.4) is 0 Å². The molecule has 0 radical (unpaired) electrons. The lowest BCUT2D eigenvalue weighted by atomic mass is 9.95. The Bertz CT molecular complexity index is 2040. The highest BCUT2D eigenvalue weighted by Gasteiger charge is 2.37. The first kappa shape index (κ1) is 32.8. The van der Waals surface area contributed by atoms with Gasteiger partial charge in [0.1, 0.15) is 36.3 Å². The van der Waals surface area contributed by atoms with Crippen LogP contribution < -0.4 is 9.47 Å². The van der Waals surface area contributed by atoms with Gasteiger partial charge < -0.3 is 18.6 Å². The highest BCUT2D eigenvalue weighted by atomic mass is 35.5. The molecule has 0 aliphatic carbocycles. The van der Waals surface area contributed by atoms with Gasteiger partial charge in [-0.25, -0.2) is 4.98 Å². The Labute approximate surface area is 298 Å². The molecule has 3 saturated heterocycles. The number of rotatable bonds is 10. The highest BCUT2D eigenvalue weighted by Crippen LogP contribution is 2.42. The van der Waals surface area contributed by atoms with Gasteiger partial charge in [0.15, 0.2) is 11.5 Å². The van der Waals surface area contributed by atoms with Gasteiger partial charge in [-0.05, 0) is 105 Å². The number of hydrogen-bond donors (Lipinski definition) is 0. The molecule has 0 N–H and O–H groups in total. The molecule has 50 heavy (non-hydrogen) atoms. The largest absolute Gasteiger partial charge is 0.488 e. The second-order valence-electron chi connectivity index (χ2n) is 13.9. The van der Waals surface area contributed by atoms with Crippen LogP contribution in [0.1, 0.15) is 84.6 Å². The van der Waals surface area contributed by atoms with Crippen molar-refractivity contribution in [1.82, 2.24) is 14.9 Å². The molecule has 0 amide bonds. The van der Waals surface area contributed by atoms with Crippen molar-refractivity contribution in [2.75, 3.05) is 13.1 Å². The fraction of sp³-hybridized carbons (Fsp3) is 0.390. The third-order valence-corrected chi connectivity index (χ3v) is 10.8. The number of oxazole rings is 1. The summed E-state index contributed by atoms with van der Waals surface area (Å²) in [5, 5.41) is 9.87. The van der Waals surface area contributed by atoms with Crippen LogP contribution >= 0.6 is 11.6 Å². The molecule has 2 bridgehead atoms. The molecule has 3 fully saturated rings. The van der Waals surface area contributed by atoms with E-state index in [2.05, 4.69) is 53.2 Å². The normalized spacial score (nSPS) is 20.5. The third-order valence-electron chi connectivity index (χ3n) is 10.5. The van der Waals surface area contributed by atoms with Crippen LogP contribution in [0.5, 0.6) is 11.5 Å². The Morgan fingerprint density at radius 3 is 2.56 bits per heavy atom. The molecule has 2 unspecified atom stereocenters. The average molecular weight is 689 g/mol. The minimum absolute atomic E-state index is 0.283. The van der Waals surface area contributed by atoms with Gasteiger partial charge in [0.05, 0.1) is 22.8 Å². The van der Waals surface area contributed by atoms with Crippen molar-refractivity contribution in [3.63, 3.8) is 0 Å². The van der Waals surface area contributed by atoms with Gasteiger partial charge in [-0.1, -0.05) is 42.3 Å². The van der Waals surface area contributed by atoms with E-state index >= 15 is 0 Å². The van der Waals surface area contributed by atoms with Gasteiger partial charge >= 0.3 is 0 Å². The van der Waals surface area contributed by atoms with E-state index in [1.807, 2.05) is 18.2 Å². The summed E-state index contributed by atoms with van der Waals surface area (Å²) in [6.45, 7) is 5.62. The van der Waals surface area contributed by atoms with Gasteiger partial charge in [0.25, 0.3) is 0 Å². The quantitative estimate of drug-likeness (QED) is 0.143. The number of pyridine rings is 1. The Kier molecular flexibility index (Phi) is 9.46. The molecule has 3 aromatic carbocycles. The molecule has 2 aromatic heterocycles. The molecule has 3 aliphatic rings. The SMILES string of the molecule is Cc1c(COc2cc(OCc3cncc(C#N)c3)c(CN3CCCCC3)cc2Cl)cccc1-c1ccc2oc(C3CC4CCC(C3)O4)nc2c1. The predicted octanol–water partition coefficient (Wildman–Crippen LogP) is 9.29. The average Bonchev–Trinajstić information content (AvgIpc) is 3.73. The lowest BCUT2D eigenvalue weighted by Gasteiger charge is -2.27. The fourth-order valence-corrected chi connectivity index (χ4v) is 7.99. The van der Waals surface area contributed by atoms with E-state index in [1.54, 1.807) is 18.5 Å². The first-order chi connectivity index (χ1) is 24.5. The van der Waals surface area contributed by atoms with Crippen LogP contribution in [-0.4, -0.2) is 40.2 Å². The topological polar surface area (TPSA) is 93.6 Å². The number of piperidine rings is 1. The monoisotopic (exact) mass is 688 g/mol. The number of aromatic nitrogens is 2. The van der Waals surface area contributed by atoms with Crippen molar-refractivity contribution < 1.29 is 18.6 Å². The summed E-state index contributed by atoms with van der Waals surface area (Å²) in [5.74, 6) is 2.45. The van der Waals surface area contributed by atoms with Crippen molar-refractivity contribution in [2.45, 2.75) is 89.8 Å². The zero-order valence-electron chi connectivity index (χ0n) is 28.4. The van der Waals surface area contributed by atoms with E-state index in [9.17, 15) is 5.26 Å². The van der Waals surface area contributed by atoms with Crippen molar-refractivity contribution in [1.29, 1.82) is 5.26 Å². The molecular formula is C41H41ClN4O4. The highest BCUT2D eigenvalue weighted by molar-refractivity contribution is 6.32. The van der Waals surface area contributed by atoms with Gasteiger partial charge in [-0.2, -0.15) is 5.26 Å². The smallest absolute Gasteiger partial charge is 0.198 e. The van der Waals surface area contributed by atoms with E-state index < -0.39 is 0 Å². The fourth-order valence-electron chi connectivity index (χ4n) is 7.75. The Balaban J connectivity index is 1.01. The zero-order valence-corrected chi connectivity index (χ0v) is 29.1. The molecule has 2 atom stereocenters. The maximum Gasteiger partial charge on any atom is 0.198 e. The first-order valence-corrected chi connectivity index (χ1v) is 18.2. The van der Waals surface area contributed by atoms with Crippen molar-refractivity contribution in [3.8, 4) is 28.7 Å². The number of halogens is 1. The Morgan fingerprint density at radius 2 is 1.74 bits per heavy atom. The number of hydrogen-bond acceptors (Lipinski definition) is 8. The van der Waals surface area contributed by atoms with Gasteiger partial charge in [0, 0.05) is 42.0 Å². The summed E-state index contributed by atoms with van der Waals surface area (Å²) < 4.78 is 25.1. The molecule has 8 rings (SSSR count). The molecule has 9 heteroatoms. The predicted molar refractivity (Wildman–Crippen MR) is 192 cm³/mol. The Hall–Kier alpha value is -4.42. The minimum atomic E-state index is 0.283. The molecule has 5 aromatic rings. The van der Waals surface area contributed by atoms with Crippen LogP contribution in [-0.2, 0) is 24.5 Å². The number of benzene rings is 3. The van der Waals surface area contributed by atoms with Gasteiger partial charge in [0.2, 0.25) is 0 Å². The summed E-state index contributed by atoms with van der Waals surface area (Å²) in [6, 6.07) is 20.4. The summed E-state index contributed by atoms with van der Waals surface area (Å²) in [7, 11) is 0. The van der Waals surface area contributed by atoms with Crippen LogP contribution in [0.4, 0.5) is 0 Å². The van der Waals surface area contributed by atoms with E-state index in [4.69, 9.17) is 35.2 Å². The van der Waals surface area contributed by atoms with Crippen LogP contribution in [0.15, 0.2) is 71.4 Å². The number of nitriles is 1. The molecule has 3 aliphatic heterocycles. The molecule has 0 saturated carbocycles. The maximum atomic E-state index is 9.32. The van der Waals surface area contributed by atoms with E-state index in [0.29, 0.717) is 41.1 Å². The van der Waals surface area contributed by atoms with E-state index in [0.717, 1.165) is 101 Å². The molecule has 0 spiro atoms. The molecule has 8 nitrogen and oxygen atoms in total. The van der Waals surface area contributed by atoms with Crippen LogP contribution in [0.2, 0.25) is 5.02 Å². The van der Waals surface area contributed by atoms with E-state index in [1.165, 1.54) is 19.3 Å². The standard InChI is InChI=1S/C41H41ClN4O4/c1-26-30(6-5-7-35(26)29-8-11-38-37(18-29)45-41(50-38)31-15-33-9-10-34(16-31)49-33)25-48-40-19-39(47-24-28-14-27(20-43)21-44-22-28)32(17-36(40)42)23-46-12-3-2-4-13-46/h5-8,11,14,17-19,21-22,31,33-34H,2-4,9-10,12-13,15-16,23-25H2,1H3. The summed E-state index contributed by atoms with van der Waals surface area (Å²) in [6.07, 6.45) is 11.9. The van der Waals surface area contributed by atoms with Gasteiger partial charge in [-0.3, -0.25) is 9.88 Å². The minimum Gasteiger partial charge on any atom is -0.488 e. The summed E-state index contributed by atoms with van der Waals surface area (Å²) in [5.41, 5.74) is 8.48. The summed E-state index contributed by atoms with van der Waals surface area (Å²) in [4.78, 5) is 11.6. The second-order valence-corrected chi connectivity index (χ2v) is 14.4. The number of fused-ring (bicyclic) bond motifs is 3. The van der Waals surface area contributed by atoms with Crippen molar-refractivity contribution in [2.24, 2.45) is 0 Å². The number of ether oxygens (including phenoxy) is 3. The lowest BCUT2D eigenvalue weighted by Crippen LogP contribution is -2.29. The lowest BCUT2D eigenvalue weighted by molar-refractivity contribution is -0.00749. The number of likely N-dealkylation sites (tertiary alicyclic amines) is 1. The summed E-state index contributed by atoms with van der Waals surface area (Å²) >= 11 is 6.87. The molecule has 256 valence electrons. The maximum absolute atomic E-state index is 9.32. The van der Waals surface area contributed by atoms with Crippen LogP contribution in [0, 0.1) is 18.3 Å².